The van der Waals surface area contributed by atoms with Gasteiger partial charge in [-0.15, -0.1) is 11.6 Å². The highest BCUT2D eigenvalue weighted by molar-refractivity contribution is 9.11. The van der Waals surface area contributed by atoms with Gasteiger partial charge in [-0.2, -0.15) is 0 Å². The second-order valence-electron chi connectivity index (χ2n) is 4.23. The number of rotatable bonds is 5. The number of halogens is 3. The van der Waals surface area contributed by atoms with E-state index in [4.69, 9.17) is 11.6 Å². The van der Waals surface area contributed by atoms with E-state index in [-0.39, 0.29) is 18.7 Å². The van der Waals surface area contributed by atoms with E-state index in [0.29, 0.717) is 4.48 Å². The molecule has 0 aliphatic heterocycles. The van der Waals surface area contributed by atoms with Crippen LogP contribution < -0.4 is 5.32 Å². The van der Waals surface area contributed by atoms with Crippen LogP contribution in [0.15, 0.2) is 22.5 Å². The lowest BCUT2D eigenvalue weighted by atomic mass is 9.77. The van der Waals surface area contributed by atoms with Crippen molar-refractivity contribution in [1.82, 2.24) is 5.32 Å². The molecule has 1 rings (SSSR count). The van der Waals surface area contributed by atoms with Gasteiger partial charge in [0.1, 0.15) is 17.2 Å². The summed E-state index contributed by atoms with van der Waals surface area (Å²) in [6.07, 6.45) is 2.96. The summed E-state index contributed by atoms with van der Waals surface area (Å²) in [5, 5.41) is 11.8. The van der Waals surface area contributed by atoms with E-state index in [2.05, 4.69) is 21.2 Å². The summed E-state index contributed by atoms with van der Waals surface area (Å²) in [6, 6.07) is 0. The number of alkyl halides is 1. The van der Waals surface area contributed by atoms with E-state index in [9.17, 15) is 19.1 Å². The van der Waals surface area contributed by atoms with Crippen molar-refractivity contribution >= 4 is 39.4 Å². The minimum absolute atomic E-state index is 0.0527. The molecule has 19 heavy (non-hydrogen) atoms. The molecule has 1 aliphatic carbocycles. The molecule has 0 fully saturated rings. The highest BCUT2D eigenvalue weighted by atomic mass is 79.9. The molecule has 2 N–H and O–H groups in total. The summed E-state index contributed by atoms with van der Waals surface area (Å²) >= 11 is 8.62. The van der Waals surface area contributed by atoms with Crippen LogP contribution >= 0.6 is 27.5 Å². The van der Waals surface area contributed by atoms with Crippen molar-refractivity contribution in [3.63, 3.8) is 0 Å². The topological polar surface area (TPSA) is 66.4 Å². The van der Waals surface area contributed by atoms with Crippen molar-refractivity contribution in [2.45, 2.75) is 25.3 Å². The summed E-state index contributed by atoms with van der Waals surface area (Å²) in [4.78, 5) is 23.0. The van der Waals surface area contributed by atoms with Crippen LogP contribution in [0.25, 0.3) is 0 Å². The van der Waals surface area contributed by atoms with Crippen LogP contribution in [0.2, 0.25) is 0 Å². The third-order valence-corrected chi connectivity index (χ3v) is 4.00. The Morgan fingerprint density at radius 2 is 2.26 bits per heavy atom. The van der Waals surface area contributed by atoms with Gasteiger partial charge in [-0.1, -0.05) is 22.9 Å². The third kappa shape index (κ3) is 3.36. The predicted octanol–water partition coefficient (Wildman–Crippen LogP) is 2.73. The van der Waals surface area contributed by atoms with Gasteiger partial charge in [0, 0.05) is 5.92 Å². The molecule has 0 saturated carbocycles. The van der Waals surface area contributed by atoms with Crippen molar-refractivity contribution in [2.75, 3.05) is 5.88 Å². The van der Waals surface area contributed by atoms with Crippen molar-refractivity contribution in [3.8, 4) is 0 Å². The molecule has 0 heterocycles. The summed E-state index contributed by atoms with van der Waals surface area (Å²) in [5.41, 5.74) is -1.69. The van der Waals surface area contributed by atoms with Gasteiger partial charge in [-0.05, 0) is 29.5 Å². The Hall–Kier alpha value is -0.880. The fourth-order valence-corrected chi connectivity index (χ4v) is 2.64. The van der Waals surface area contributed by atoms with Crippen LogP contribution in [0.3, 0.4) is 0 Å². The van der Waals surface area contributed by atoms with Crippen molar-refractivity contribution in [2.24, 2.45) is 5.92 Å². The number of aliphatic carboxylic acids is 1. The highest BCUT2D eigenvalue weighted by Gasteiger charge is 2.48. The molecule has 0 spiro atoms. The summed E-state index contributed by atoms with van der Waals surface area (Å²) in [6.45, 7) is 1.59. The second-order valence-corrected chi connectivity index (χ2v) is 5.52. The molecule has 7 heteroatoms. The molecule has 0 radical (unpaired) electrons. The molecular formula is C12H14BrClFNO3. The van der Waals surface area contributed by atoms with Crippen LogP contribution in [-0.2, 0) is 9.59 Å². The Balaban J connectivity index is 3.17. The molecule has 106 valence electrons. The zero-order valence-corrected chi connectivity index (χ0v) is 12.6. The van der Waals surface area contributed by atoms with Gasteiger partial charge in [-0.25, -0.2) is 9.18 Å². The first-order valence-corrected chi connectivity index (χ1v) is 7.02. The first-order chi connectivity index (χ1) is 8.87. The second kappa shape index (κ2) is 6.52. The fraction of sp³-hybridized carbons (Fsp3) is 0.500. The number of amides is 1. The SMILES string of the molecule is CCC(NC(=O)CCl)(C(=O)O)C1CC(Br)=CC=C1F. The number of hydrogen-bond acceptors (Lipinski definition) is 2. The summed E-state index contributed by atoms with van der Waals surface area (Å²) in [7, 11) is 0. The minimum atomic E-state index is -1.69. The van der Waals surface area contributed by atoms with Gasteiger partial charge < -0.3 is 10.4 Å². The lowest BCUT2D eigenvalue weighted by molar-refractivity contribution is -0.150. The zero-order chi connectivity index (χ0) is 14.6. The van der Waals surface area contributed by atoms with E-state index < -0.39 is 29.2 Å². The fourth-order valence-electron chi connectivity index (χ4n) is 2.11. The number of carbonyl (C=O) groups excluding carboxylic acids is 1. The van der Waals surface area contributed by atoms with E-state index in [1.165, 1.54) is 12.2 Å². The summed E-state index contributed by atoms with van der Waals surface area (Å²) < 4.78 is 14.6. The van der Waals surface area contributed by atoms with Crippen molar-refractivity contribution < 1.29 is 19.1 Å². The maximum Gasteiger partial charge on any atom is 0.330 e. The molecule has 1 aliphatic rings. The van der Waals surface area contributed by atoms with E-state index >= 15 is 0 Å². The monoisotopic (exact) mass is 353 g/mol. The average Bonchev–Trinajstić information content (AvgIpc) is 2.38. The Morgan fingerprint density at radius 1 is 1.63 bits per heavy atom. The molecule has 2 unspecified atom stereocenters. The lowest BCUT2D eigenvalue weighted by Gasteiger charge is -2.37. The van der Waals surface area contributed by atoms with Gasteiger partial charge in [0.05, 0.1) is 0 Å². The van der Waals surface area contributed by atoms with E-state index in [0.717, 1.165) is 0 Å². The van der Waals surface area contributed by atoms with Gasteiger partial charge in [0.15, 0.2) is 0 Å². The predicted molar refractivity (Wildman–Crippen MR) is 73.8 cm³/mol. The van der Waals surface area contributed by atoms with Gasteiger partial charge in [0.2, 0.25) is 5.91 Å². The smallest absolute Gasteiger partial charge is 0.330 e. The number of carbonyl (C=O) groups is 2. The van der Waals surface area contributed by atoms with Crippen molar-refractivity contribution in [1.29, 1.82) is 0 Å². The van der Waals surface area contributed by atoms with Gasteiger partial charge in [0.25, 0.3) is 0 Å². The Kier molecular flexibility index (Phi) is 5.55. The van der Waals surface area contributed by atoms with E-state index in [1.54, 1.807) is 6.92 Å². The van der Waals surface area contributed by atoms with Crippen LogP contribution in [0.4, 0.5) is 4.39 Å². The summed E-state index contributed by atoms with van der Waals surface area (Å²) in [5.74, 6) is -3.80. The highest BCUT2D eigenvalue weighted by Crippen LogP contribution is 2.38. The Bertz CT molecular complexity index is 452. The van der Waals surface area contributed by atoms with Crippen LogP contribution in [-0.4, -0.2) is 28.4 Å². The number of allylic oxidation sites excluding steroid dienone is 3. The first-order valence-electron chi connectivity index (χ1n) is 5.69. The molecule has 0 saturated heterocycles. The molecule has 0 bridgehead atoms. The van der Waals surface area contributed by atoms with Crippen molar-refractivity contribution in [3.05, 3.63) is 22.5 Å². The normalized spacial score (nSPS) is 22.0. The van der Waals surface area contributed by atoms with Gasteiger partial charge in [-0.3, -0.25) is 4.79 Å². The largest absolute Gasteiger partial charge is 0.479 e. The standard InChI is InChI=1S/C12H14BrClFNO3/c1-2-12(11(18)19,16-10(17)6-14)8-5-7(13)3-4-9(8)15/h3-4,8H,2,5-6H2,1H3,(H,16,17)(H,18,19). The average molecular weight is 355 g/mol. The number of carboxylic acid groups (broad SMARTS) is 1. The maximum atomic E-state index is 14.0. The zero-order valence-electron chi connectivity index (χ0n) is 10.3. The lowest BCUT2D eigenvalue weighted by Crippen LogP contribution is -2.59. The maximum absolute atomic E-state index is 14.0. The first kappa shape index (κ1) is 16.2. The Morgan fingerprint density at radius 3 is 2.74 bits per heavy atom. The number of nitrogens with one attached hydrogen (secondary N) is 1. The Labute approximate surface area is 123 Å². The van der Waals surface area contributed by atoms with E-state index in [1.807, 2.05) is 0 Å². The molecule has 0 aromatic heterocycles. The molecule has 2 atom stereocenters. The number of carboxylic acids is 1. The molecule has 0 aromatic rings. The van der Waals surface area contributed by atoms with Gasteiger partial charge >= 0.3 is 5.97 Å². The molecule has 4 nitrogen and oxygen atoms in total. The molecular weight excluding hydrogens is 340 g/mol. The number of hydrogen-bond donors (Lipinski definition) is 2. The molecule has 0 aromatic carbocycles. The van der Waals surface area contributed by atoms with Crippen LogP contribution in [0.5, 0.6) is 0 Å². The van der Waals surface area contributed by atoms with Crippen LogP contribution in [0, 0.1) is 5.92 Å². The quantitative estimate of drug-likeness (QED) is 0.746. The minimum Gasteiger partial charge on any atom is -0.479 e. The molecule has 1 amide bonds. The third-order valence-electron chi connectivity index (χ3n) is 3.17. The van der Waals surface area contributed by atoms with Crippen LogP contribution in [0.1, 0.15) is 19.8 Å².